The molecule has 4 nitrogen and oxygen atoms in total. The molecule has 1 heterocycles. The lowest BCUT2D eigenvalue weighted by Crippen LogP contribution is -2.37. The Morgan fingerprint density at radius 3 is 2.71 bits per heavy atom. The van der Waals surface area contributed by atoms with Crippen molar-refractivity contribution in [2.24, 2.45) is 5.41 Å². The lowest BCUT2D eigenvalue weighted by atomic mass is 9.97. The van der Waals surface area contributed by atoms with Crippen LogP contribution < -0.4 is 10.6 Å². The molecule has 0 spiro atoms. The maximum Gasteiger partial charge on any atom is 0.317 e. The number of hydrogen-bond acceptors (Lipinski definition) is 2. The van der Waals surface area contributed by atoms with Gasteiger partial charge in [-0.3, -0.25) is 0 Å². The molecule has 0 aromatic heterocycles. The largest absolute Gasteiger partial charge is 0.336 e. The third-order valence-corrected chi connectivity index (χ3v) is 2.16. The molecule has 0 bridgehead atoms. The van der Waals surface area contributed by atoms with Crippen LogP contribution in [0.3, 0.4) is 0 Å². The predicted octanol–water partition coefficient (Wildman–Crippen LogP) is 0.647. The molecule has 1 saturated heterocycles. The summed E-state index contributed by atoms with van der Waals surface area (Å²) in [7, 11) is 0. The lowest BCUT2D eigenvalue weighted by Gasteiger charge is -2.20. The van der Waals surface area contributed by atoms with Crippen molar-refractivity contribution < 1.29 is 4.79 Å². The summed E-state index contributed by atoms with van der Waals surface area (Å²) in [4.78, 5) is 13.0. The first-order valence-electron chi connectivity index (χ1n) is 5.22. The maximum absolute atomic E-state index is 11.2. The summed E-state index contributed by atoms with van der Waals surface area (Å²) in [6.07, 6.45) is 0. The van der Waals surface area contributed by atoms with Gasteiger partial charge in [0.25, 0.3) is 0 Å². The Morgan fingerprint density at radius 2 is 2.21 bits per heavy atom. The van der Waals surface area contributed by atoms with Crippen LogP contribution in [-0.4, -0.2) is 43.7 Å². The van der Waals surface area contributed by atoms with Gasteiger partial charge in [0, 0.05) is 32.7 Å². The van der Waals surface area contributed by atoms with E-state index in [9.17, 15) is 4.79 Å². The quantitative estimate of drug-likeness (QED) is 0.653. The lowest BCUT2D eigenvalue weighted by molar-refractivity contribution is 0.217. The van der Waals surface area contributed by atoms with Crippen LogP contribution in [0.15, 0.2) is 0 Å². The molecule has 0 aromatic carbocycles. The van der Waals surface area contributed by atoms with E-state index in [0.29, 0.717) is 5.41 Å². The van der Waals surface area contributed by atoms with Gasteiger partial charge >= 0.3 is 6.03 Å². The molecule has 0 radical (unpaired) electrons. The van der Waals surface area contributed by atoms with Crippen molar-refractivity contribution in [3.8, 4) is 0 Å². The van der Waals surface area contributed by atoms with E-state index in [2.05, 4.69) is 31.4 Å². The molecule has 1 aliphatic heterocycles. The second-order valence-corrected chi connectivity index (χ2v) is 4.96. The number of nitrogens with zero attached hydrogens (tertiary/aromatic N) is 1. The van der Waals surface area contributed by atoms with Gasteiger partial charge in [-0.15, -0.1) is 0 Å². The molecule has 0 saturated carbocycles. The van der Waals surface area contributed by atoms with E-state index < -0.39 is 0 Å². The molecule has 1 rings (SSSR count). The fourth-order valence-electron chi connectivity index (χ4n) is 1.40. The van der Waals surface area contributed by atoms with Crippen LogP contribution in [-0.2, 0) is 0 Å². The highest BCUT2D eigenvalue weighted by Crippen LogP contribution is 2.09. The topological polar surface area (TPSA) is 44.4 Å². The molecule has 0 aliphatic carbocycles. The van der Waals surface area contributed by atoms with Crippen LogP contribution in [0.4, 0.5) is 4.79 Å². The predicted molar refractivity (Wildman–Crippen MR) is 57.3 cm³/mol. The molecule has 1 aliphatic rings. The third kappa shape index (κ3) is 3.96. The minimum absolute atomic E-state index is 0.0718. The van der Waals surface area contributed by atoms with Crippen molar-refractivity contribution in [2.45, 2.75) is 20.8 Å². The normalized spacial score (nSPS) is 17.4. The molecule has 1 fully saturated rings. The summed E-state index contributed by atoms with van der Waals surface area (Å²) in [6, 6.07) is 0.0718. The van der Waals surface area contributed by atoms with Crippen LogP contribution in [0.1, 0.15) is 20.8 Å². The first kappa shape index (κ1) is 11.3. The van der Waals surface area contributed by atoms with Crippen molar-refractivity contribution in [1.82, 2.24) is 15.5 Å². The summed E-state index contributed by atoms with van der Waals surface area (Å²) < 4.78 is 0. The highest BCUT2D eigenvalue weighted by molar-refractivity contribution is 5.76. The average molecular weight is 199 g/mol. The Balaban J connectivity index is 2.07. The number of amides is 2. The number of rotatable bonds is 4. The highest BCUT2D eigenvalue weighted by atomic mass is 16.2. The fourth-order valence-corrected chi connectivity index (χ4v) is 1.40. The summed E-state index contributed by atoms with van der Waals surface area (Å²) in [6.45, 7) is 10.9. The van der Waals surface area contributed by atoms with E-state index in [4.69, 9.17) is 0 Å². The molecule has 0 atom stereocenters. The van der Waals surface area contributed by atoms with E-state index in [1.807, 2.05) is 4.90 Å². The minimum Gasteiger partial charge on any atom is -0.336 e. The molecule has 0 unspecified atom stereocenters. The fraction of sp³-hybridized carbons (Fsp3) is 0.900. The van der Waals surface area contributed by atoms with Gasteiger partial charge in [-0.05, 0) is 5.41 Å². The van der Waals surface area contributed by atoms with Gasteiger partial charge in [0.05, 0.1) is 0 Å². The monoisotopic (exact) mass is 199 g/mol. The van der Waals surface area contributed by atoms with E-state index in [1.54, 1.807) is 0 Å². The second kappa shape index (κ2) is 4.64. The Kier molecular flexibility index (Phi) is 3.75. The SMILES string of the molecule is CC(C)(C)CNCCN1CCNC1=O. The number of hydrogen-bond donors (Lipinski definition) is 2. The third-order valence-electron chi connectivity index (χ3n) is 2.16. The number of nitrogens with one attached hydrogen (secondary N) is 2. The molecular weight excluding hydrogens is 178 g/mol. The minimum atomic E-state index is 0.0718. The van der Waals surface area contributed by atoms with Gasteiger partial charge in [0.2, 0.25) is 0 Å². The standard InChI is InChI=1S/C10H21N3O/c1-10(2,3)8-11-4-6-13-7-5-12-9(13)14/h11H,4-8H2,1-3H3,(H,12,14). The van der Waals surface area contributed by atoms with Crippen LogP contribution in [0.2, 0.25) is 0 Å². The molecule has 14 heavy (non-hydrogen) atoms. The van der Waals surface area contributed by atoms with Crippen LogP contribution in [0.5, 0.6) is 0 Å². The molecule has 82 valence electrons. The van der Waals surface area contributed by atoms with Gasteiger partial charge in [-0.25, -0.2) is 4.79 Å². The van der Waals surface area contributed by atoms with Crippen molar-refractivity contribution in [2.75, 3.05) is 32.7 Å². The highest BCUT2D eigenvalue weighted by Gasteiger charge is 2.18. The maximum atomic E-state index is 11.2. The Hall–Kier alpha value is -0.770. The first-order valence-corrected chi connectivity index (χ1v) is 5.22. The summed E-state index contributed by atoms with van der Waals surface area (Å²) in [5.74, 6) is 0. The number of carbonyl (C=O) groups is 1. The van der Waals surface area contributed by atoms with Gasteiger partial charge in [0.15, 0.2) is 0 Å². The first-order chi connectivity index (χ1) is 6.49. The smallest absolute Gasteiger partial charge is 0.317 e. The zero-order chi connectivity index (χ0) is 10.6. The summed E-state index contributed by atoms with van der Waals surface area (Å²) in [5, 5.41) is 6.14. The zero-order valence-electron chi connectivity index (χ0n) is 9.39. The van der Waals surface area contributed by atoms with Crippen LogP contribution >= 0.6 is 0 Å². The molecule has 2 amide bonds. The number of carbonyl (C=O) groups excluding carboxylic acids is 1. The number of urea groups is 1. The van der Waals surface area contributed by atoms with Crippen LogP contribution in [0, 0.1) is 5.41 Å². The van der Waals surface area contributed by atoms with Gasteiger partial charge in [-0.1, -0.05) is 20.8 Å². The summed E-state index contributed by atoms with van der Waals surface area (Å²) >= 11 is 0. The summed E-state index contributed by atoms with van der Waals surface area (Å²) in [5.41, 5.74) is 0.313. The Labute approximate surface area is 86.0 Å². The Bertz CT molecular complexity index is 198. The molecular formula is C10H21N3O. The van der Waals surface area contributed by atoms with Crippen molar-refractivity contribution in [3.63, 3.8) is 0 Å². The Morgan fingerprint density at radius 1 is 1.50 bits per heavy atom. The van der Waals surface area contributed by atoms with Gasteiger partial charge < -0.3 is 15.5 Å². The zero-order valence-corrected chi connectivity index (χ0v) is 9.39. The van der Waals surface area contributed by atoms with Crippen LogP contribution in [0.25, 0.3) is 0 Å². The molecule has 2 N–H and O–H groups in total. The van der Waals surface area contributed by atoms with Crippen molar-refractivity contribution in [3.05, 3.63) is 0 Å². The second-order valence-electron chi connectivity index (χ2n) is 4.96. The van der Waals surface area contributed by atoms with E-state index in [0.717, 1.165) is 32.7 Å². The van der Waals surface area contributed by atoms with Crippen molar-refractivity contribution in [1.29, 1.82) is 0 Å². The van der Waals surface area contributed by atoms with E-state index >= 15 is 0 Å². The van der Waals surface area contributed by atoms with Gasteiger partial charge in [0.1, 0.15) is 0 Å². The average Bonchev–Trinajstić information content (AvgIpc) is 2.44. The van der Waals surface area contributed by atoms with E-state index in [-0.39, 0.29) is 6.03 Å². The molecule has 0 aromatic rings. The van der Waals surface area contributed by atoms with Crippen molar-refractivity contribution >= 4 is 6.03 Å². The molecule has 4 heteroatoms. The van der Waals surface area contributed by atoms with E-state index in [1.165, 1.54) is 0 Å². The van der Waals surface area contributed by atoms with Gasteiger partial charge in [-0.2, -0.15) is 0 Å².